The van der Waals surface area contributed by atoms with Gasteiger partial charge in [0.05, 0.1) is 31.0 Å². The molecule has 1 aliphatic heterocycles. The summed E-state index contributed by atoms with van der Waals surface area (Å²) in [6, 6.07) is 0. The van der Waals surface area contributed by atoms with Crippen molar-refractivity contribution in [1.29, 1.82) is 0 Å². The van der Waals surface area contributed by atoms with Crippen LogP contribution in [-0.2, 0) is 20.5 Å². The summed E-state index contributed by atoms with van der Waals surface area (Å²) in [7, 11) is -0.355. The zero-order valence-electron chi connectivity index (χ0n) is 14.7. The Labute approximate surface area is 142 Å². The van der Waals surface area contributed by atoms with E-state index in [1.165, 1.54) is 6.42 Å². The van der Waals surface area contributed by atoms with Gasteiger partial charge in [-0.15, -0.1) is 5.10 Å². The molecule has 8 heteroatoms. The van der Waals surface area contributed by atoms with Gasteiger partial charge >= 0.3 is 13.1 Å². The third-order valence-corrected chi connectivity index (χ3v) is 6.36. The molecule has 0 radical (unpaired) electrons. The molecule has 3 unspecified atom stereocenters. The highest BCUT2D eigenvalue weighted by molar-refractivity contribution is 6.43. The molecule has 4 atom stereocenters. The Balaban J connectivity index is 1.44. The smallest absolute Gasteiger partial charge is 0.461 e. The van der Waals surface area contributed by atoms with E-state index in [2.05, 4.69) is 31.1 Å². The second-order valence-corrected chi connectivity index (χ2v) is 7.94. The van der Waals surface area contributed by atoms with Crippen LogP contribution in [0.25, 0.3) is 0 Å². The maximum Gasteiger partial charge on any atom is 0.480 e. The van der Waals surface area contributed by atoms with Crippen molar-refractivity contribution in [3.63, 3.8) is 0 Å². The van der Waals surface area contributed by atoms with Gasteiger partial charge in [-0.2, -0.15) is 0 Å². The van der Waals surface area contributed by atoms with E-state index in [9.17, 15) is 4.79 Å². The number of esters is 1. The van der Waals surface area contributed by atoms with Crippen LogP contribution in [0.1, 0.15) is 51.0 Å². The number of hydrogen-bond donors (Lipinski definition) is 0. The molecule has 2 heterocycles. The minimum Gasteiger partial charge on any atom is -0.461 e. The van der Waals surface area contributed by atoms with Crippen molar-refractivity contribution in [2.75, 3.05) is 6.61 Å². The van der Waals surface area contributed by atoms with Crippen molar-refractivity contribution in [3.8, 4) is 0 Å². The summed E-state index contributed by atoms with van der Waals surface area (Å²) < 4.78 is 19.0. The van der Waals surface area contributed by atoms with Gasteiger partial charge in [0, 0.05) is 0 Å². The minimum atomic E-state index is -0.458. The van der Waals surface area contributed by atoms with E-state index in [-0.39, 0.29) is 24.5 Å². The Bertz CT molecular complexity index is 664. The number of hydrogen-bond acceptors (Lipinski definition) is 6. The zero-order valence-corrected chi connectivity index (χ0v) is 14.7. The first-order valence-electron chi connectivity index (χ1n) is 8.75. The topological polar surface area (TPSA) is 75.5 Å². The van der Waals surface area contributed by atoms with Gasteiger partial charge in [0.25, 0.3) is 0 Å². The number of rotatable bonds is 4. The first kappa shape index (κ1) is 16.1. The van der Waals surface area contributed by atoms with Crippen LogP contribution in [-0.4, -0.2) is 46.4 Å². The van der Waals surface area contributed by atoms with E-state index in [0.29, 0.717) is 24.4 Å². The molecule has 5 rings (SSSR count). The van der Waals surface area contributed by atoms with Gasteiger partial charge in [0.1, 0.15) is 0 Å². The summed E-state index contributed by atoms with van der Waals surface area (Å²) in [6.07, 6.45) is 4.44. The molecule has 0 N–H and O–H groups in total. The summed E-state index contributed by atoms with van der Waals surface area (Å²) in [6.45, 7) is 8.95. The van der Waals surface area contributed by atoms with Crippen LogP contribution in [0.15, 0.2) is 6.20 Å². The maximum atomic E-state index is 11.7. The molecule has 0 aromatic carbocycles. The quantitative estimate of drug-likeness (QED) is 0.617. The molecule has 1 saturated heterocycles. The molecule has 130 valence electrons. The third kappa shape index (κ3) is 2.23. The van der Waals surface area contributed by atoms with E-state index >= 15 is 0 Å². The van der Waals surface area contributed by atoms with Crippen molar-refractivity contribution in [2.24, 2.45) is 17.3 Å². The first-order chi connectivity index (χ1) is 11.3. The fraction of sp³-hybridized carbons (Fsp3) is 0.812. The Morgan fingerprint density at radius 3 is 2.96 bits per heavy atom. The molecule has 2 bridgehead atoms. The number of ether oxygens (including phenoxy) is 1. The molecule has 4 fully saturated rings. The maximum absolute atomic E-state index is 11.7. The molecule has 0 amide bonds. The average molecular weight is 333 g/mol. The molecule has 1 aromatic rings. The highest BCUT2D eigenvalue weighted by Crippen LogP contribution is 2.65. The molecular weight excluding hydrogens is 309 g/mol. The first-order valence-corrected chi connectivity index (χ1v) is 8.75. The monoisotopic (exact) mass is 333 g/mol. The van der Waals surface area contributed by atoms with Crippen molar-refractivity contribution in [3.05, 3.63) is 11.9 Å². The SMILES string of the molecule is CCOC(=O)c1cn(CB2OC3CC4CC(C4(C)C)[C@]3(C)O2)nn1. The van der Waals surface area contributed by atoms with Gasteiger partial charge in [-0.1, -0.05) is 19.1 Å². The fourth-order valence-electron chi connectivity index (χ4n) is 4.87. The lowest BCUT2D eigenvalue weighted by Crippen LogP contribution is -2.65. The predicted molar refractivity (Wildman–Crippen MR) is 86.1 cm³/mol. The van der Waals surface area contributed by atoms with Gasteiger partial charge in [-0.3, -0.25) is 4.68 Å². The van der Waals surface area contributed by atoms with Crippen LogP contribution in [0.2, 0.25) is 0 Å². The molecule has 4 aliphatic rings. The average Bonchev–Trinajstić information content (AvgIpc) is 3.10. The second-order valence-electron chi connectivity index (χ2n) is 7.94. The summed E-state index contributed by atoms with van der Waals surface area (Å²) in [4.78, 5) is 11.7. The fourth-order valence-corrected chi connectivity index (χ4v) is 4.87. The number of carbonyl (C=O) groups is 1. The Hall–Kier alpha value is -1.41. The van der Waals surface area contributed by atoms with Crippen molar-refractivity contribution < 1.29 is 18.8 Å². The van der Waals surface area contributed by atoms with E-state index < -0.39 is 5.97 Å². The van der Waals surface area contributed by atoms with Crippen molar-refractivity contribution in [2.45, 2.75) is 58.7 Å². The molecule has 24 heavy (non-hydrogen) atoms. The predicted octanol–water partition coefficient (Wildman–Crippen LogP) is 1.72. The number of nitrogens with zero attached hydrogens (tertiary/aromatic N) is 3. The van der Waals surface area contributed by atoms with E-state index in [0.717, 1.165) is 12.3 Å². The molecule has 7 nitrogen and oxygen atoms in total. The summed E-state index contributed by atoms with van der Waals surface area (Å²) in [5, 5.41) is 7.85. The summed E-state index contributed by atoms with van der Waals surface area (Å²) in [5.74, 6) is 0.800. The van der Waals surface area contributed by atoms with Gasteiger partial charge in [-0.05, 0) is 43.9 Å². The summed E-state index contributed by atoms with van der Waals surface area (Å²) >= 11 is 0. The minimum absolute atomic E-state index is 0.146. The highest BCUT2D eigenvalue weighted by Gasteiger charge is 2.67. The lowest BCUT2D eigenvalue weighted by molar-refractivity contribution is -0.199. The lowest BCUT2D eigenvalue weighted by Gasteiger charge is -2.64. The zero-order chi connectivity index (χ0) is 17.1. The van der Waals surface area contributed by atoms with E-state index in [4.69, 9.17) is 14.0 Å². The normalized spacial score (nSPS) is 36.2. The van der Waals surface area contributed by atoms with Gasteiger partial charge in [0.15, 0.2) is 5.69 Å². The molecular formula is C16H24BN3O4. The standard InChI is InChI=1S/C16H24BN3O4/c1-5-22-14(21)11-8-20(19-18-11)9-17-23-13-7-10-6-12(15(10,2)3)16(13,4)24-17/h8,10,12-13H,5-7,9H2,1-4H3/t10?,12?,13?,16-/m0/s1. The van der Waals surface area contributed by atoms with Crippen LogP contribution in [0, 0.1) is 17.3 Å². The van der Waals surface area contributed by atoms with Crippen molar-refractivity contribution in [1.82, 2.24) is 15.0 Å². The summed E-state index contributed by atoms with van der Waals surface area (Å²) in [5.41, 5.74) is 0.309. The number of aromatic nitrogens is 3. The number of carbonyl (C=O) groups excluding carboxylic acids is 1. The van der Waals surface area contributed by atoms with Crippen LogP contribution in [0.5, 0.6) is 0 Å². The molecule has 3 saturated carbocycles. The van der Waals surface area contributed by atoms with Crippen molar-refractivity contribution >= 4 is 13.1 Å². The Morgan fingerprint density at radius 1 is 1.46 bits per heavy atom. The van der Waals surface area contributed by atoms with Crippen LogP contribution in [0.3, 0.4) is 0 Å². The highest BCUT2D eigenvalue weighted by atomic mass is 16.7. The largest absolute Gasteiger partial charge is 0.480 e. The van der Waals surface area contributed by atoms with E-state index in [1.807, 2.05) is 0 Å². The lowest BCUT2D eigenvalue weighted by atomic mass is 9.43. The Kier molecular flexibility index (Phi) is 3.55. The van der Waals surface area contributed by atoms with Gasteiger partial charge < -0.3 is 14.0 Å². The molecule has 3 aliphatic carbocycles. The second kappa shape index (κ2) is 5.29. The van der Waals surface area contributed by atoms with Crippen LogP contribution >= 0.6 is 0 Å². The van der Waals surface area contributed by atoms with Crippen LogP contribution < -0.4 is 0 Å². The molecule has 0 spiro atoms. The van der Waals surface area contributed by atoms with Gasteiger partial charge in [0.2, 0.25) is 0 Å². The van der Waals surface area contributed by atoms with Crippen LogP contribution in [0.4, 0.5) is 0 Å². The Morgan fingerprint density at radius 2 is 2.25 bits per heavy atom. The third-order valence-electron chi connectivity index (χ3n) is 6.36. The molecule has 1 aromatic heterocycles. The van der Waals surface area contributed by atoms with Gasteiger partial charge in [-0.25, -0.2) is 4.79 Å². The van der Waals surface area contributed by atoms with E-state index in [1.54, 1.807) is 17.8 Å².